The third kappa shape index (κ3) is 6.43. The summed E-state index contributed by atoms with van der Waals surface area (Å²) in [6.07, 6.45) is 0. The van der Waals surface area contributed by atoms with Gasteiger partial charge in [0.15, 0.2) is 5.96 Å². The highest BCUT2D eigenvalue weighted by Crippen LogP contribution is 2.26. The van der Waals surface area contributed by atoms with E-state index in [0.717, 1.165) is 12.1 Å². The van der Waals surface area contributed by atoms with Gasteiger partial charge in [-0.1, -0.05) is 32.0 Å². The van der Waals surface area contributed by atoms with Gasteiger partial charge in [0.2, 0.25) is 10.0 Å². The molecule has 2 rings (SSSR count). The quantitative estimate of drug-likeness (QED) is 0.324. The third-order valence-electron chi connectivity index (χ3n) is 4.27. The number of thiophene rings is 1. The van der Waals surface area contributed by atoms with Crippen LogP contribution < -0.4 is 10.6 Å². The zero-order chi connectivity index (χ0) is 20.1. The van der Waals surface area contributed by atoms with Crippen LogP contribution in [-0.2, 0) is 22.0 Å². The molecule has 0 aliphatic rings. The number of rotatable bonds is 7. The van der Waals surface area contributed by atoms with E-state index in [-0.39, 0.29) is 34.3 Å². The zero-order valence-electron chi connectivity index (χ0n) is 16.9. The van der Waals surface area contributed by atoms with Crippen LogP contribution in [0.5, 0.6) is 0 Å². The van der Waals surface area contributed by atoms with Gasteiger partial charge >= 0.3 is 0 Å². The Balaban J connectivity index is 0.00000392. The Morgan fingerprint density at radius 1 is 1.14 bits per heavy atom. The fourth-order valence-corrected chi connectivity index (χ4v) is 4.21. The standard InChI is InChI=1S/C19H28N4O2S2.HI/c1-19(2,17-7-6-12-26-17)14-22-18(20-3)21-13-15-8-10-16(11-9-15)27(24,25)23(4)5;/h6-12H,13-14H2,1-5H3,(H2,20,21,22);1H. The van der Waals surface area contributed by atoms with Crippen LogP contribution in [0.1, 0.15) is 24.3 Å². The molecule has 0 aliphatic carbocycles. The predicted molar refractivity (Wildman–Crippen MR) is 128 cm³/mol. The summed E-state index contributed by atoms with van der Waals surface area (Å²) in [5.41, 5.74) is 0.988. The van der Waals surface area contributed by atoms with Crippen molar-refractivity contribution >= 4 is 51.3 Å². The minimum atomic E-state index is -3.40. The molecule has 0 spiro atoms. The van der Waals surface area contributed by atoms with Crippen LogP contribution in [0.4, 0.5) is 0 Å². The number of benzene rings is 1. The van der Waals surface area contributed by atoms with Crippen molar-refractivity contribution in [3.05, 3.63) is 52.2 Å². The van der Waals surface area contributed by atoms with Gasteiger partial charge in [0.05, 0.1) is 4.90 Å². The summed E-state index contributed by atoms with van der Waals surface area (Å²) in [4.78, 5) is 5.87. The van der Waals surface area contributed by atoms with Crippen LogP contribution in [0.2, 0.25) is 0 Å². The van der Waals surface area contributed by atoms with Crippen molar-refractivity contribution in [1.82, 2.24) is 14.9 Å². The smallest absolute Gasteiger partial charge is 0.242 e. The van der Waals surface area contributed by atoms with E-state index in [1.807, 2.05) is 12.1 Å². The Morgan fingerprint density at radius 3 is 2.29 bits per heavy atom. The van der Waals surface area contributed by atoms with Crippen molar-refractivity contribution in [3.8, 4) is 0 Å². The number of aliphatic imine (C=N–C) groups is 1. The molecule has 2 N–H and O–H groups in total. The second-order valence-corrected chi connectivity index (χ2v) is 10.2. The van der Waals surface area contributed by atoms with E-state index < -0.39 is 10.0 Å². The molecule has 0 fully saturated rings. The molecule has 0 saturated heterocycles. The minimum Gasteiger partial charge on any atom is -0.356 e. The van der Waals surface area contributed by atoms with Gasteiger partial charge in [0.25, 0.3) is 0 Å². The van der Waals surface area contributed by atoms with Crippen LogP contribution in [0.3, 0.4) is 0 Å². The van der Waals surface area contributed by atoms with E-state index in [9.17, 15) is 8.42 Å². The molecule has 0 aliphatic heterocycles. The SMILES string of the molecule is CN=C(NCc1ccc(S(=O)(=O)N(C)C)cc1)NCC(C)(C)c1cccs1.I. The van der Waals surface area contributed by atoms with Gasteiger partial charge in [-0.15, -0.1) is 35.3 Å². The lowest BCUT2D eigenvalue weighted by molar-refractivity contribution is 0.518. The number of hydrogen-bond acceptors (Lipinski definition) is 4. The normalized spacial score (nSPS) is 12.6. The number of halogens is 1. The Bertz CT molecular complexity index is 862. The first-order valence-corrected chi connectivity index (χ1v) is 11.0. The highest BCUT2D eigenvalue weighted by atomic mass is 127. The predicted octanol–water partition coefficient (Wildman–Crippen LogP) is 3.26. The second-order valence-electron chi connectivity index (χ2n) is 7.07. The van der Waals surface area contributed by atoms with E-state index in [1.165, 1.54) is 23.3 Å². The van der Waals surface area contributed by atoms with Gasteiger partial charge < -0.3 is 10.6 Å². The molecule has 2 aromatic rings. The lowest BCUT2D eigenvalue weighted by Gasteiger charge is -2.25. The Labute approximate surface area is 189 Å². The maximum atomic E-state index is 12.1. The Kier molecular flexibility index (Phi) is 9.38. The second kappa shape index (κ2) is 10.6. The molecule has 156 valence electrons. The third-order valence-corrected chi connectivity index (χ3v) is 7.34. The van der Waals surface area contributed by atoms with Crippen LogP contribution in [0, 0.1) is 0 Å². The summed E-state index contributed by atoms with van der Waals surface area (Å²) in [5.74, 6) is 0.713. The van der Waals surface area contributed by atoms with Gasteiger partial charge in [-0.2, -0.15) is 0 Å². The fourth-order valence-electron chi connectivity index (χ4n) is 2.45. The number of nitrogens with one attached hydrogen (secondary N) is 2. The van der Waals surface area contributed by atoms with Crippen LogP contribution >= 0.6 is 35.3 Å². The number of nitrogens with zero attached hydrogens (tertiary/aromatic N) is 2. The molecule has 0 bridgehead atoms. The summed E-state index contributed by atoms with van der Waals surface area (Å²) in [5, 5.41) is 8.72. The fraction of sp³-hybridized carbons (Fsp3) is 0.421. The zero-order valence-corrected chi connectivity index (χ0v) is 20.9. The average molecular weight is 537 g/mol. The van der Waals surface area contributed by atoms with Crippen LogP contribution in [0.15, 0.2) is 51.7 Å². The molecule has 1 heterocycles. The minimum absolute atomic E-state index is 0. The lowest BCUT2D eigenvalue weighted by atomic mass is 9.91. The van der Waals surface area contributed by atoms with E-state index in [0.29, 0.717) is 12.5 Å². The number of sulfonamides is 1. The average Bonchev–Trinajstić information content (AvgIpc) is 3.18. The van der Waals surface area contributed by atoms with Crippen molar-refractivity contribution in [2.75, 3.05) is 27.7 Å². The van der Waals surface area contributed by atoms with Gasteiger partial charge in [0, 0.05) is 44.5 Å². The summed E-state index contributed by atoms with van der Waals surface area (Å²) >= 11 is 1.75. The van der Waals surface area contributed by atoms with Gasteiger partial charge in [-0.25, -0.2) is 12.7 Å². The van der Waals surface area contributed by atoms with Gasteiger partial charge in [0.1, 0.15) is 0 Å². The molecular weight excluding hydrogens is 507 g/mol. The van der Waals surface area contributed by atoms with Gasteiger partial charge in [-0.3, -0.25) is 4.99 Å². The molecular formula is C19H29IN4O2S2. The molecule has 0 atom stereocenters. The highest BCUT2D eigenvalue weighted by molar-refractivity contribution is 14.0. The van der Waals surface area contributed by atoms with Crippen molar-refractivity contribution in [2.24, 2.45) is 4.99 Å². The topological polar surface area (TPSA) is 73.8 Å². The number of guanidine groups is 1. The summed E-state index contributed by atoms with van der Waals surface area (Å²) < 4.78 is 25.4. The van der Waals surface area contributed by atoms with E-state index in [2.05, 4.69) is 47.0 Å². The maximum absolute atomic E-state index is 12.1. The molecule has 9 heteroatoms. The Morgan fingerprint density at radius 2 is 1.79 bits per heavy atom. The molecule has 1 aromatic heterocycles. The first-order chi connectivity index (χ1) is 12.7. The largest absolute Gasteiger partial charge is 0.356 e. The van der Waals surface area contributed by atoms with Crippen molar-refractivity contribution in [3.63, 3.8) is 0 Å². The van der Waals surface area contributed by atoms with E-state index in [1.54, 1.807) is 30.5 Å². The summed E-state index contributed by atoms with van der Waals surface area (Å²) in [6.45, 7) is 5.71. The van der Waals surface area contributed by atoms with E-state index in [4.69, 9.17) is 0 Å². The van der Waals surface area contributed by atoms with E-state index >= 15 is 0 Å². The van der Waals surface area contributed by atoms with Crippen molar-refractivity contribution < 1.29 is 8.42 Å². The summed E-state index contributed by atoms with van der Waals surface area (Å²) in [7, 11) is 1.39. The molecule has 0 radical (unpaired) electrons. The first kappa shape index (κ1) is 24.9. The lowest BCUT2D eigenvalue weighted by Crippen LogP contribution is -2.42. The molecule has 28 heavy (non-hydrogen) atoms. The summed E-state index contributed by atoms with van der Waals surface area (Å²) in [6, 6.07) is 11.1. The molecule has 0 saturated carbocycles. The van der Waals surface area contributed by atoms with Crippen molar-refractivity contribution in [1.29, 1.82) is 0 Å². The molecule has 1 aromatic carbocycles. The van der Waals surface area contributed by atoms with Crippen LogP contribution in [-0.4, -0.2) is 46.4 Å². The Hall–Kier alpha value is -1.17. The number of hydrogen-bond donors (Lipinski definition) is 2. The molecule has 6 nitrogen and oxygen atoms in total. The van der Waals surface area contributed by atoms with Gasteiger partial charge in [-0.05, 0) is 29.1 Å². The van der Waals surface area contributed by atoms with Crippen molar-refractivity contribution in [2.45, 2.75) is 30.7 Å². The maximum Gasteiger partial charge on any atom is 0.242 e. The monoisotopic (exact) mass is 536 g/mol. The van der Waals surface area contributed by atoms with Crippen LogP contribution in [0.25, 0.3) is 0 Å². The first-order valence-electron chi connectivity index (χ1n) is 8.67. The molecule has 0 amide bonds. The highest BCUT2D eigenvalue weighted by Gasteiger charge is 2.22. The molecule has 0 unspecified atom stereocenters.